The van der Waals surface area contributed by atoms with E-state index in [1.54, 1.807) is 12.4 Å². The lowest BCUT2D eigenvalue weighted by Gasteiger charge is -2.16. The molecule has 5 rings (SSSR count). The molecule has 1 aliphatic heterocycles. The number of nitrogens with one attached hydrogen (secondary N) is 3. The van der Waals surface area contributed by atoms with Crippen LogP contribution < -0.4 is 20.7 Å². The molecule has 0 saturated carbocycles. The summed E-state index contributed by atoms with van der Waals surface area (Å²) in [5.74, 6) is 0.269. The third-order valence-electron chi connectivity index (χ3n) is 4.62. The number of carbonyl (C=O) groups excluding carboxylic acids is 2. The largest absolute Gasteiger partial charge is 0.465 e. The molecule has 32 heavy (non-hydrogen) atoms. The van der Waals surface area contributed by atoms with E-state index in [2.05, 4.69) is 35.9 Å². The highest BCUT2D eigenvalue weighted by molar-refractivity contribution is 7.22. The molecule has 0 unspecified atom stereocenters. The summed E-state index contributed by atoms with van der Waals surface area (Å²) in [6.45, 7) is 2.27. The quantitative estimate of drug-likeness (QED) is 0.437. The zero-order valence-electron chi connectivity index (χ0n) is 16.9. The minimum Gasteiger partial charge on any atom is -0.465 e. The highest BCUT2D eigenvalue weighted by atomic mass is 32.1. The number of aromatic nitrogens is 4. The van der Waals surface area contributed by atoms with E-state index in [0.717, 1.165) is 21.5 Å². The Bertz CT molecular complexity index is 1340. The number of ether oxygens (including phenoxy) is 1. The predicted octanol–water partition coefficient (Wildman–Crippen LogP) is 3.29. The van der Waals surface area contributed by atoms with Crippen LogP contribution in [0.1, 0.15) is 6.92 Å². The molecule has 0 aliphatic carbocycles. The smallest absolute Gasteiger partial charge is 0.321 e. The Kier molecular flexibility index (Phi) is 5.07. The molecule has 11 heteroatoms. The molecule has 0 radical (unpaired) electrons. The average molecular weight is 447 g/mol. The summed E-state index contributed by atoms with van der Waals surface area (Å²) in [6.07, 6.45) is 3.30. The molecule has 4 heterocycles. The Balaban J connectivity index is 1.63. The summed E-state index contributed by atoms with van der Waals surface area (Å²) in [5, 5.41) is 8.60. The van der Waals surface area contributed by atoms with Crippen LogP contribution >= 0.6 is 11.3 Å². The molecule has 160 valence electrons. The summed E-state index contributed by atoms with van der Waals surface area (Å²) < 4.78 is 6.17. The minimum atomic E-state index is -0.317. The van der Waals surface area contributed by atoms with Crippen molar-refractivity contribution >= 4 is 44.4 Å². The highest BCUT2D eigenvalue weighted by Gasteiger charge is 2.21. The summed E-state index contributed by atoms with van der Waals surface area (Å²) >= 11 is 1.36. The molecular formula is C21H17N7O3S. The number of amides is 3. The van der Waals surface area contributed by atoms with Crippen molar-refractivity contribution in [3.8, 4) is 28.4 Å². The number of fused-ring (bicyclic) bond motifs is 2. The van der Waals surface area contributed by atoms with Crippen LogP contribution in [0.15, 0.2) is 42.7 Å². The predicted molar refractivity (Wildman–Crippen MR) is 121 cm³/mol. The van der Waals surface area contributed by atoms with E-state index in [1.165, 1.54) is 11.3 Å². The average Bonchev–Trinajstić information content (AvgIpc) is 3.20. The first-order valence-corrected chi connectivity index (χ1v) is 10.6. The lowest BCUT2D eigenvalue weighted by molar-refractivity contribution is -0.118. The fourth-order valence-electron chi connectivity index (χ4n) is 3.25. The number of urea groups is 1. The fourth-order valence-corrected chi connectivity index (χ4v) is 4.22. The normalized spacial score (nSPS) is 12.6. The zero-order chi connectivity index (χ0) is 22.1. The van der Waals surface area contributed by atoms with Crippen molar-refractivity contribution in [1.29, 1.82) is 0 Å². The van der Waals surface area contributed by atoms with Crippen LogP contribution in [0.4, 0.5) is 15.7 Å². The van der Waals surface area contributed by atoms with Crippen molar-refractivity contribution in [3.05, 3.63) is 42.7 Å². The van der Waals surface area contributed by atoms with Crippen molar-refractivity contribution in [2.24, 2.45) is 0 Å². The minimum absolute atomic E-state index is 0.0863. The van der Waals surface area contributed by atoms with Gasteiger partial charge in [0, 0.05) is 23.9 Å². The van der Waals surface area contributed by atoms with E-state index in [4.69, 9.17) is 4.74 Å². The van der Waals surface area contributed by atoms with Crippen molar-refractivity contribution in [1.82, 2.24) is 25.3 Å². The summed E-state index contributed by atoms with van der Waals surface area (Å²) in [4.78, 5) is 41.5. The van der Waals surface area contributed by atoms with Crippen LogP contribution in [0.2, 0.25) is 0 Å². The van der Waals surface area contributed by atoms with Gasteiger partial charge in [0.1, 0.15) is 0 Å². The number of benzene rings is 1. The second-order valence-electron chi connectivity index (χ2n) is 6.84. The molecule has 4 aromatic rings. The molecule has 10 nitrogen and oxygen atoms in total. The van der Waals surface area contributed by atoms with Gasteiger partial charge in [-0.3, -0.25) is 15.1 Å². The van der Waals surface area contributed by atoms with Crippen LogP contribution in [0.5, 0.6) is 5.88 Å². The Hall–Kier alpha value is -4.12. The van der Waals surface area contributed by atoms with Gasteiger partial charge in [0.2, 0.25) is 0 Å². The van der Waals surface area contributed by atoms with Gasteiger partial charge < -0.3 is 15.4 Å². The molecule has 0 bridgehead atoms. The van der Waals surface area contributed by atoms with E-state index in [0.29, 0.717) is 22.9 Å². The van der Waals surface area contributed by atoms with E-state index in [-0.39, 0.29) is 30.2 Å². The molecule has 0 saturated heterocycles. The van der Waals surface area contributed by atoms with E-state index in [1.807, 2.05) is 37.3 Å². The Morgan fingerprint density at radius 2 is 2.12 bits per heavy atom. The maximum atomic E-state index is 12.0. The Morgan fingerprint density at radius 3 is 2.94 bits per heavy atom. The van der Waals surface area contributed by atoms with Gasteiger partial charge in [-0.05, 0) is 31.2 Å². The number of nitrogens with zero attached hydrogens (tertiary/aromatic N) is 4. The summed E-state index contributed by atoms with van der Waals surface area (Å²) in [6, 6.07) is 9.14. The lowest BCUT2D eigenvalue weighted by atomic mass is 10.0. The second-order valence-corrected chi connectivity index (χ2v) is 7.84. The molecule has 1 aromatic carbocycles. The first kappa shape index (κ1) is 19.8. The number of anilines is 2. The van der Waals surface area contributed by atoms with Gasteiger partial charge in [0.05, 0.1) is 27.8 Å². The maximum absolute atomic E-state index is 12.0. The van der Waals surface area contributed by atoms with Gasteiger partial charge in [-0.25, -0.2) is 19.7 Å². The molecule has 3 amide bonds. The van der Waals surface area contributed by atoms with Gasteiger partial charge in [0.25, 0.3) is 11.8 Å². The first-order chi connectivity index (χ1) is 15.6. The first-order valence-electron chi connectivity index (χ1n) is 9.81. The third-order valence-corrected chi connectivity index (χ3v) is 5.64. The number of carbonyl (C=O) groups is 2. The van der Waals surface area contributed by atoms with Crippen molar-refractivity contribution in [2.45, 2.75) is 6.92 Å². The number of hydrogen-bond acceptors (Lipinski definition) is 8. The summed E-state index contributed by atoms with van der Waals surface area (Å²) in [7, 11) is 0. The van der Waals surface area contributed by atoms with Crippen LogP contribution in [0, 0.1) is 0 Å². The van der Waals surface area contributed by atoms with E-state index < -0.39 is 0 Å². The standard InChI is InChI=1S/C21H17N7O3S/c1-2-22-20(30)28-21-26-14-8-11(7-12(17(14)32-21)13-5-3-4-6-23-13)15-9-24-19-18(25-15)27-16(29)10-31-19/h3-9H,2,10H2,1H3,(H,25,27,29)(H2,22,26,28,30). The van der Waals surface area contributed by atoms with E-state index in [9.17, 15) is 9.59 Å². The molecule has 1 aliphatic rings. The second kappa shape index (κ2) is 8.19. The van der Waals surface area contributed by atoms with Crippen LogP contribution in [0.25, 0.3) is 32.7 Å². The maximum Gasteiger partial charge on any atom is 0.321 e. The Labute approximate surface area is 186 Å². The Morgan fingerprint density at radius 1 is 1.22 bits per heavy atom. The molecular weight excluding hydrogens is 430 g/mol. The molecule has 0 fully saturated rings. The third kappa shape index (κ3) is 3.81. The highest BCUT2D eigenvalue weighted by Crippen LogP contribution is 2.38. The van der Waals surface area contributed by atoms with Crippen LogP contribution in [-0.2, 0) is 4.79 Å². The molecule has 3 aromatic heterocycles. The van der Waals surface area contributed by atoms with Gasteiger partial charge in [-0.1, -0.05) is 17.4 Å². The molecule has 3 N–H and O–H groups in total. The van der Waals surface area contributed by atoms with Gasteiger partial charge in [0.15, 0.2) is 17.6 Å². The lowest BCUT2D eigenvalue weighted by Crippen LogP contribution is -2.28. The van der Waals surface area contributed by atoms with Crippen molar-refractivity contribution < 1.29 is 14.3 Å². The van der Waals surface area contributed by atoms with Gasteiger partial charge in [-0.2, -0.15) is 0 Å². The topological polar surface area (TPSA) is 131 Å². The SMILES string of the molecule is CCNC(=O)Nc1nc2cc(-c3cnc4c(n3)NC(=O)CO4)cc(-c3ccccn3)c2s1. The number of pyridine rings is 1. The van der Waals surface area contributed by atoms with Crippen LogP contribution in [0.3, 0.4) is 0 Å². The monoisotopic (exact) mass is 447 g/mol. The van der Waals surface area contributed by atoms with E-state index >= 15 is 0 Å². The number of rotatable bonds is 4. The van der Waals surface area contributed by atoms with Crippen LogP contribution in [-0.4, -0.2) is 45.0 Å². The summed E-state index contributed by atoms with van der Waals surface area (Å²) in [5.41, 5.74) is 3.57. The van der Waals surface area contributed by atoms with Crippen molar-refractivity contribution in [2.75, 3.05) is 23.8 Å². The van der Waals surface area contributed by atoms with Gasteiger partial charge in [-0.15, -0.1) is 0 Å². The number of hydrogen-bond donors (Lipinski definition) is 3. The molecule has 0 atom stereocenters. The van der Waals surface area contributed by atoms with Crippen molar-refractivity contribution in [3.63, 3.8) is 0 Å². The zero-order valence-corrected chi connectivity index (χ0v) is 17.7. The fraction of sp³-hybridized carbons (Fsp3) is 0.143. The molecule has 0 spiro atoms. The van der Waals surface area contributed by atoms with Gasteiger partial charge >= 0.3 is 6.03 Å². The number of thiazole rings is 1.